The van der Waals surface area contributed by atoms with E-state index in [0.717, 1.165) is 35.9 Å². The molecule has 6 nitrogen and oxygen atoms in total. The molecule has 4 rings (SSSR count). The van der Waals surface area contributed by atoms with Crippen molar-refractivity contribution in [2.24, 2.45) is 5.92 Å². The van der Waals surface area contributed by atoms with Crippen molar-refractivity contribution < 1.29 is 14.3 Å². The Balaban J connectivity index is 1.39. The summed E-state index contributed by atoms with van der Waals surface area (Å²) in [5.74, 6) is 0.564. The zero-order chi connectivity index (χ0) is 20.9. The maximum Gasteiger partial charge on any atom is 0.265 e. The quantitative estimate of drug-likeness (QED) is 0.569. The second kappa shape index (κ2) is 9.26. The number of aromatic nitrogens is 1. The number of rotatable bonds is 6. The standard InChI is InChI=1S/C23H25N3O3S/c1-15(29-18-10-6-3-7-11-18)21(27)24-17-12-13-20-19(14-17)25-23(30-20)26-22(28)16-8-4-2-5-9-16/h3,6-7,10-16H,2,4-5,8-9H2,1H3,(H,24,27)(H,25,26,28)/t15-/m1/s1. The van der Waals surface area contributed by atoms with Crippen LogP contribution in [0.1, 0.15) is 39.0 Å². The summed E-state index contributed by atoms with van der Waals surface area (Å²) in [5.41, 5.74) is 1.39. The van der Waals surface area contributed by atoms with Crippen LogP contribution in [0, 0.1) is 5.92 Å². The lowest BCUT2D eigenvalue weighted by molar-refractivity contribution is -0.122. The monoisotopic (exact) mass is 423 g/mol. The third kappa shape index (κ3) is 4.97. The van der Waals surface area contributed by atoms with Crippen LogP contribution in [0.2, 0.25) is 0 Å². The number of anilines is 2. The highest BCUT2D eigenvalue weighted by Crippen LogP contribution is 2.30. The number of nitrogens with one attached hydrogen (secondary N) is 2. The van der Waals surface area contributed by atoms with E-state index in [4.69, 9.17) is 4.74 Å². The Hall–Kier alpha value is -2.93. The third-order valence-electron chi connectivity index (χ3n) is 5.29. The van der Waals surface area contributed by atoms with Gasteiger partial charge in [-0.25, -0.2) is 4.98 Å². The molecule has 1 saturated carbocycles. The van der Waals surface area contributed by atoms with Crippen LogP contribution in [0.25, 0.3) is 10.2 Å². The van der Waals surface area contributed by atoms with E-state index in [9.17, 15) is 9.59 Å². The first-order chi connectivity index (χ1) is 14.6. The van der Waals surface area contributed by atoms with Gasteiger partial charge in [0.05, 0.1) is 10.2 Å². The maximum atomic E-state index is 12.5. The summed E-state index contributed by atoms with van der Waals surface area (Å²) >= 11 is 1.44. The van der Waals surface area contributed by atoms with Crippen LogP contribution < -0.4 is 15.4 Å². The van der Waals surface area contributed by atoms with Crippen LogP contribution in [0.15, 0.2) is 48.5 Å². The van der Waals surface area contributed by atoms with Gasteiger partial charge in [0.25, 0.3) is 5.91 Å². The van der Waals surface area contributed by atoms with Crippen LogP contribution in [0.3, 0.4) is 0 Å². The summed E-state index contributed by atoms with van der Waals surface area (Å²) in [4.78, 5) is 29.5. The van der Waals surface area contributed by atoms with Crippen LogP contribution >= 0.6 is 11.3 Å². The summed E-state index contributed by atoms with van der Waals surface area (Å²) in [6.45, 7) is 1.71. The molecule has 156 valence electrons. The Kier molecular flexibility index (Phi) is 6.28. The minimum absolute atomic E-state index is 0.0640. The normalized spacial score (nSPS) is 15.5. The number of thiazole rings is 1. The topological polar surface area (TPSA) is 80.3 Å². The van der Waals surface area contributed by atoms with Gasteiger partial charge in [0.1, 0.15) is 5.75 Å². The van der Waals surface area contributed by atoms with Gasteiger partial charge in [0.2, 0.25) is 5.91 Å². The fourth-order valence-electron chi connectivity index (χ4n) is 3.63. The predicted molar refractivity (Wildman–Crippen MR) is 120 cm³/mol. The second-order valence-electron chi connectivity index (χ2n) is 7.59. The van der Waals surface area contributed by atoms with Crippen molar-refractivity contribution in [3.8, 4) is 5.75 Å². The highest BCUT2D eigenvalue weighted by atomic mass is 32.1. The fourth-order valence-corrected chi connectivity index (χ4v) is 4.48. The van der Waals surface area contributed by atoms with Gasteiger partial charge in [-0.15, -0.1) is 0 Å². The number of ether oxygens (including phenoxy) is 1. The molecule has 0 radical (unpaired) electrons. The van der Waals surface area contributed by atoms with Gasteiger partial charge < -0.3 is 15.4 Å². The first kappa shape index (κ1) is 20.3. The SMILES string of the molecule is C[C@@H](Oc1ccccc1)C(=O)Nc1ccc2sc(NC(=O)C3CCCCC3)nc2c1. The number of benzene rings is 2. The summed E-state index contributed by atoms with van der Waals surface area (Å²) in [6, 6.07) is 14.8. The van der Waals surface area contributed by atoms with Crippen molar-refractivity contribution in [1.82, 2.24) is 4.98 Å². The molecule has 1 fully saturated rings. The Morgan fingerprint density at radius 1 is 1.07 bits per heavy atom. The van der Waals surface area contributed by atoms with Crippen molar-refractivity contribution in [3.63, 3.8) is 0 Å². The molecule has 0 bridgehead atoms. The summed E-state index contributed by atoms with van der Waals surface area (Å²) in [7, 11) is 0. The highest BCUT2D eigenvalue weighted by molar-refractivity contribution is 7.22. The lowest BCUT2D eigenvalue weighted by Crippen LogP contribution is -2.30. The molecule has 0 saturated heterocycles. The van der Waals surface area contributed by atoms with Crippen LogP contribution in [0.5, 0.6) is 5.75 Å². The first-order valence-corrected chi connectivity index (χ1v) is 11.1. The molecule has 1 aromatic heterocycles. The fraction of sp³-hybridized carbons (Fsp3) is 0.348. The molecule has 0 spiro atoms. The molecule has 7 heteroatoms. The number of carbonyl (C=O) groups is 2. The molecule has 2 aromatic carbocycles. The second-order valence-corrected chi connectivity index (χ2v) is 8.62. The molecule has 0 unspecified atom stereocenters. The Morgan fingerprint density at radius 3 is 2.60 bits per heavy atom. The minimum atomic E-state index is -0.635. The average Bonchev–Trinajstić information content (AvgIpc) is 3.16. The largest absolute Gasteiger partial charge is 0.481 e. The molecular weight excluding hydrogens is 398 g/mol. The van der Waals surface area contributed by atoms with Gasteiger partial charge in [0.15, 0.2) is 11.2 Å². The maximum absolute atomic E-state index is 12.5. The van der Waals surface area contributed by atoms with Gasteiger partial charge in [0, 0.05) is 11.6 Å². The van der Waals surface area contributed by atoms with E-state index >= 15 is 0 Å². The third-order valence-corrected chi connectivity index (χ3v) is 6.24. The highest BCUT2D eigenvalue weighted by Gasteiger charge is 2.22. The van der Waals surface area contributed by atoms with Gasteiger partial charge in [-0.3, -0.25) is 9.59 Å². The molecule has 1 aliphatic rings. The molecule has 3 aromatic rings. The molecule has 2 amide bonds. The van der Waals surface area contributed by atoms with Gasteiger partial charge >= 0.3 is 0 Å². The number of carbonyl (C=O) groups excluding carboxylic acids is 2. The van der Waals surface area contributed by atoms with E-state index < -0.39 is 6.10 Å². The number of nitrogens with zero attached hydrogens (tertiary/aromatic N) is 1. The molecule has 1 aliphatic carbocycles. The van der Waals surface area contributed by atoms with Gasteiger partial charge in [-0.05, 0) is 50.1 Å². The van der Waals surface area contributed by atoms with Gasteiger partial charge in [-0.2, -0.15) is 0 Å². The van der Waals surface area contributed by atoms with Crippen LogP contribution in [0.4, 0.5) is 10.8 Å². The summed E-state index contributed by atoms with van der Waals surface area (Å²) in [5, 5.41) is 6.44. The molecular formula is C23H25N3O3S. The lowest BCUT2D eigenvalue weighted by Gasteiger charge is -2.19. The van der Waals surface area contributed by atoms with Crippen LogP contribution in [-0.2, 0) is 9.59 Å². The molecule has 1 heterocycles. The zero-order valence-corrected chi connectivity index (χ0v) is 17.7. The average molecular weight is 424 g/mol. The minimum Gasteiger partial charge on any atom is -0.481 e. The van der Waals surface area contributed by atoms with Crippen molar-refractivity contribution in [2.45, 2.75) is 45.1 Å². The van der Waals surface area contributed by atoms with E-state index in [-0.39, 0.29) is 17.7 Å². The van der Waals surface area contributed by atoms with Crippen molar-refractivity contribution in [2.75, 3.05) is 10.6 Å². The van der Waals surface area contributed by atoms with E-state index in [2.05, 4.69) is 15.6 Å². The lowest BCUT2D eigenvalue weighted by atomic mass is 9.89. The van der Waals surface area contributed by atoms with E-state index in [1.807, 2.05) is 48.5 Å². The Morgan fingerprint density at radius 2 is 1.83 bits per heavy atom. The van der Waals surface area contributed by atoms with E-state index in [1.54, 1.807) is 6.92 Å². The summed E-state index contributed by atoms with van der Waals surface area (Å²) in [6.07, 6.45) is 4.73. The molecule has 1 atom stereocenters. The van der Waals surface area contributed by atoms with E-state index in [1.165, 1.54) is 17.8 Å². The number of amides is 2. The zero-order valence-electron chi connectivity index (χ0n) is 16.9. The summed E-state index contributed by atoms with van der Waals surface area (Å²) < 4.78 is 6.63. The molecule has 30 heavy (non-hydrogen) atoms. The van der Waals surface area contributed by atoms with Crippen molar-refractivity contribution >= 4 is 44.2 Å². The number of fused-ring (bicyclic) bond motifs is 1. The van der Waals surface area contributed by atoms with Crippen LogP contribution in [-0.4, -0.2) is 22.9 Å². The van der Waals surface area contributed by atoms with E-state index in [0.29, 0.717) is 16.6 Å². The Labute approximate surface area is 179 Å². The van der Waals surface area contributed by atoms with Crippen molar-refractivity contribution in [1.29, 1.82) is 0 Å². The smallest absolute Gasteiger partial charge is 0.265 e. The predicted octanol–water partition coefficient (Wildman–Crippen LogP) is 5.22. The van der Waals surface area contributed by atoms with Gasteiger partial charge in [-0.1, -0.05) is 48.8 Å². The number of hydrogen-bond acceptors (Lipinski definition) is 5. The molecule has 0 aliphatic heterocycles. The number of hydrogen-bond donors (Lipinski definition) is 2. The molecule has 2 N–H and O–H groups in total. The number of para-hydroxylation sites is 1. The first-order valence-electron chi connectivity index (χ1n) is 10.3. The van der Waals surface area contributed by atoms with Crippen molar-refractivity contribution in [3.05, 3.63) is 48.5 Å². The Bertz CT molecular complexity index is 1030.